The number of nitrogens with one attached hydrogen (secondary N) is 1. The molecule has 8 heteroatoms. The van der Waals surface area contributed by atoms with Crippen molar-refractivity contribution in [3.63, 3.8) is 0 Å². The lowest BCUT2D eigenvalue weighted by molar-refractivity contribution is -0.135. The number of nitrogens with zero attached hydrogens (tertiary/aromatic N) is 1. The highest BCUT2D eigenvalue weighted by atomic mass is 32.1. The summed E-state index contributed by atoms with van der Waals surface area (Å²) in [5, 5.41) is 20.8. The first-order valence-electron chi connectivity index (χ1n) is 7.16. The highest BCUT2D eigenvalue weighted by Gasteiger charge is 2.28. The number of halogens is 1. The quantitative estimate of drug-likeness (QED) is 0.404. The smallest absolute Gasteiger partial charge is 0.246 e. The fraction of sp³-hybridized carbons (Fsp3) is 0.714. The topological polar surface area (TPSA) is 108 Å². The Kier molecular flexibility index (Phi) is 7.34. The molecule has 126 valence electrons. The van der Waals surface area contributed by atoms with Gasteiger partial charge in [-0.2, -0.15) is 0 Å². The minimum atomic E-state index is -1.42. The number of hydroxylamine groups is 1. The molecule has 3 atom stereocenters. The van der Waals surface area contributed by atoms with Crippen molar-refractivity contribution >= 4 is 17.2 Å². The SMILES string of the molecule is CC(C)(F)CCC(CC(O)C(N)Cc1cscn1)C(=O)NO. The van der Waals surface area contributed by atoms with Crippen LogP contribution >= 0.6 is 11.3 Å². The van der Waals surface area contributed by atoms with E-state index in [-0.39, 0.29) is 19.3 Å². The van der Waals surface area contributed by atoms with Crippen LogP contribution in [0.15, 0.2) is 10.9 Å². The Hall–Kier alpha value is -1.09. The van der Waals surface area contributed by atoms with Gasteiger partial charge in [0.2, 0.25) is 5.91 Å². The van der Waals surface area contributed by atoms with E-state index >= 15 is 0 Å². The number of hydrogen-bond acceptors (Lipinski definition) is 6. The number of aliphatic hydroxyl groups excluding tert-OH is 1. The Morgan fingerprint density at radius 3 is 2.77 bits per heavy atom. The summed E-state index contributed by atoms with van der Waals surface area (Å²) in [5.41, 5.74) is 8.54. The first-order valence-corrected chi connectivity index (χ1v) is 8.11. The van der Waals surface area contributed by atoms with Gasteiger partial charge >= 0.3 is 0 Å². The van der Waals surface area contributed by atoms with Crippen LogP contribution in [0.1, 0.15) is 38.8 Å². The van der Waals surface area contributed by atoms with Gasteiger partial charge in [-0.25, -0.2) is 14.9 Å². The number of aliphatic hydroxyl groups is 1. The largest absolute Gasteiger partial charge is 0.391 e. The zero-order chi connectivity index (χ0) is 16.8. The second kappa shape index (κ2) is 8.52. The Morgan fingerprint density at radius 2 is 2.27 bits per heavy atom. The lowest BCUT2D eigenvalue weighted by atomic mass is 9.88. The Balaban J connectivity index is 2.57. The first-order chi connectivity index (χ1) is 10.2. The van der Waals surface area contributed by atoms with Crippen molar-refractivity contribution in [2.75, 3.05) is 0 Å². The highest BCUT2D eigenvalue weighted by Crippen LogP contribution is 2.23. The summed E-state index contributed by atoms with van der Waals surface area (Å²) in [5.74, 6) is -1.33. The molecule has 1 heterocycles. The molecule has 0 aliphatic carbocycles. The minimum absolute atomic E-state index is 0.0633. The first kappa shape index (κ1) is 19.0. The summed E-state index contributed by atoms with van der Waals surface area (Å²) in [6.45, 7) is 2.84. The number of nitrogens with two attached hydrogens (primary N) is 1. The van der Waals surface area contributed by atoms with E-state index in [1.807, 2.05) is 5.38 Å². The second-order valence-electron chi connectivity index (χ2n) is 6.08. The standard InChI is InChI=1S/C14H24FN3O3S/c1-14(2,15)4-3-9(13(20)18-21)5-12(19)11(16)6-10-7-22-8-17-10/h7-9,11-12,19,21H,3-6,16H2,1-2H3,(H,18,20). The third-order valence-corrected chi connectivity index (χ3v) is 4.15. The molecule has 22 heavy (non-hydrogen) atoms. The molecule has 0 aromatic carbocycles. The third-order valence-electron chi connectivity index (χ3n) is 3.52. The molecule has 0 spiro atoms. The van der Waals surface area contributed by atoms with Crippen LogP contribution in [0.3, 0.4) is 0 Å². The average molecular weight is 333 g/mol. The maximum absolute atomic E-state index is 13.6. The van der Waals surface area contributed by atoms with E-state index in [0.29, 0.717) is 6.42 Å². The van der Waals surface area contributed by atoms with Crippen LogP contribution < -0.4 is 11.2 Å². The summed E-state index contributed by atoms with van der Waals surface area (Å²) in [6, 6.07) is -0.575. The van der Waals surface area contributed by atoms with Crippen molar-refractivity contribution < 1.29 is 19.5 Å². The molecule has 1 aromatic heterocycles. The van der Waals surface area contributed by atoms with Gasteiger partial charge in [0.15, 0.2) is 0 Å². The zero-order valence-corrected chi connectivity index (χ0v) is 13.6. The molecule has 0 saturated carbocycles. The van der Waals surface area contributed by atoms with Gasteiger partial charge in [-0.15, -0.1) is 11.3 Å². The van der Waals surface area contributed by atoms with Crippen molar-refractivity contribution in [2.24, 2.45) is 11.7 Å². The molecule has 6 nitrogen and oxygen atoms in total. The number of carbonyl (C=O) groups is 1. The number of hydrogen-bond donors (Lipinski definition) is 4. The lowest BCUT2D eigenvalue weighted by Crippen LogP contribution is -2.41. The van der Waals surface area contributed by atoms with Gasteiger partial charge in [-0.05, 0) is 33.1 Å². The van der Waals surface area contributed by atoms with E-state index in [2.05, 4.69) is 4.98 Å². The number of rotatable bonds is 9. The maximum atomic E-state index is 13.6. The van der Waals surface area contributed by atoms with Crippen LogP contribution in [0.4, 0.5) is 4.39 Å². The Morgan fingerprint density at radius 1 is 1.59 bits per heavy atom. The number of alkyl halides is 1. The molecule has 0 radical (unpaired) electrons. The number of thiazole rings is 1. The summed E-state index contributed by atoms with van der Waals surface area (Å²) in [6.07, 6.45) is -0.109. The molecule has 1 amide bonds. The predicted molar refractivity (Wildman–Crippen MR) is 82.3 cm³/mol. The van der Waals surface area contributed by atoms with Gasteiger partial charge in [-0.1, -0.05) is 0 Å². The molecule has 0 fully saturated rings. The lowest BCUT2D eigenvalue weighted by Gasteiger charge is -2.24. The molecule has 5 N–H and O–H groups in total. The molecule has 0 saturated heterocycles. The van der Waals surface area contributed by atoms with Crippen LogP contribution in [0.5, 0.6) is 0 Å². The molecule has 0 aliphatic heterocycles. The molecule has 1 aromatic rings. The molecule has 1 rings (SSSR count). The summed E-state index contributed by atoms with van der Waals surface area (Å²) in [7, 11) is 0. The van der Waals surface area contributed by atoms with Gasteiger partial charge in [-0.3, -0.25) is 10.0 Å². The van der Waals surface area contributed by atoms with Crippen LogP contribution in [0.25, 0.3) is 0 Å². The third kappa shape index (κ3) is 6.78. The van der Waals surface area contributed by atoms with Gasteiger partial charge in [0.1, 0.15) is 5.67 Å². The fourth-order valence-electron chi connectivity index (χ4n) is 2.15. The van der Waals surface area contributed by atoms with E-state index < -0.39 is 29.6 Å². The van der Waals surface area contributed by atoms with Gasteiger partial charge in [0, 0.05) is 23.8 Å². The Bertz CT molecular complexity index is 451. The summed E-state index contributed by atoms with van der Waals surface area (Å²) < 4.78 is 13.6. The normalized spacial score (nSPS) is 16.1. The molecular formula is C14H24FN3O3S. The van der Waals surface area contributed by atoms with Gasteiger partial charge in [0.05, 0.1) is 17.3 Å². The number of carbonyl (C=O) groups excluding carboxylic acids is 1. The molecular weight excluding hydrogens is 309 g/mol. The van der Waals surface area contributed by atoms with Crippen LogP contribution in [0, 0.1) is 5.92 Å². The second-order valence-corrected chi connectivity index (χ2v) is 6.80. The maximum Gasteiger partial charge on any atom is 0.246 e. The van der Waals surface area contributed by atoms with Crippen molar-refractivity contribution in [3.05, 3.63) is 16.6 Å². The van der Waals surface area contributed by atoms with E-state index in [1.54, 1.807) is 11.0 Å². The van der Waals surface area contributed by atoms with E-state index in [1.165, 1.54) is 25.2 Å². The van der Waals surface area contributed by atoms with Crippen molar-refractivity contribution in [1.82, 2.24) is 10.5 Å². The van der Waals surface area contributed by atoms with Crippen LogP contribution in [0.2, 0.25) is 0 Å². The average Bonchev–Trinajstić information content (AvgIpc) is 2.94. The predicted octanol–water partition coefficient (Wildman–Crippen LogP) is 1.41. The molecule has 3 unspecified atom stereocenters. The van der Waals surface area contributed by atoms with E-state index in [0.717, 1.165) is 5.69 Å². The van der Waals surface area contributed by atoms with Crippen LogP contribution in [-0.2, 0) is 11.2 Å². The van der Waals surface area contributed by atoms with Gasteiger partial charge in [0.25, 0.3) is 0 Å². The van der Waals surface area contributed by atoms with Crippen molar-refractivity contribution in [2.45, 2.75) is 57.3 Å². The fourth-order valence-corrected chi connectivity index (χ4v) is 2.72. The van der Waals surface area contributed by atoms with Gasteiger partial charge < -0.3 is 10.8 Å². The monoisotopic (exact) mass is 333 g/mol. The zero-order valence-electron chi connectivity index (χ0n) is 12.8. The number of aromatic nitrogens is 1. The number of amides is 1. The molecule has 0 aliphatic rings. The van der Waals surface area contributed by atoms with Crippen molar-refractivity contribution in [3.8, 4) is 0 Å². The Labute approximate surface area is 133 Å². The van der Waals surface area contributed by atoms with Crippen LogP contribution in [-0.4, -0.2) is 39.0 Å². The van der Waals surface area contributed by atoms with Crippen molar-refractivity contribution in [1.29, 1.82) is 0 Å². The van der Waals surface area contributed by atoms with E-state index in [9.17, 15) is 14.3 Å². The molecule has 0 bridgehead atoms. The summed E-state index contributed by atoms with van der Waals surface area (Å²) >= 11 is 1.44. The van der Waals surface area contributed by atoms with E-state index in [4.69, 9.17) is 10.9 Å². The summed E-state index contributed by atoms with van der Waals surface area (Å²) in [4.78, 5) is 15.8. The minimum Gasteiger partial charge on any atom is -0.391 e. The highest BCUT2D eigenvalue weighted by molar-refractivity contribution is 7.07.